The van der Waals surface area contributed by atoms with Gasteiger partial charge in [0.25, 0.3) is 0 Å². The van der Waals surface area contributed by atoms with Crippen LogP contribution in [0.3, 0.4) is 0 Å². The Morgan fingerprint density at radius 3 is 2.54 bits per heavy atom. The minimum atomic E-state index is -0.860. The van der Waals surface area contributed by atoms with Crippen molar-refractivity contribution in [2.45, 2.75) is 39.0 Å². The molecule has 1 unspecified atom stereocenters. The van der Waals surface area contributed by atoms with Gasteiger partial charge in [-0.05, 0) is 39.8 Å². The van der Waals surface area contributed by atoms with E-state index in [1.165, 1.54) is 4.88 Å². The molecule has 0 radical (unpaired) electrons. The van der Waals surface area contributed by atoms with Crippen LogP contribution in [0.4, 0.5) is 0 Å². The maximum atomic E-state index is 12.2. The van der Waals surface area contributed by atoms with Gasteiger partial charge in [-0.25, -0.2) is 0 Å². The van der Waals surface area contributed by atoms with Gasteiger partial charge in [0.05, 0.1) is 10.9 Å². The summed E-state index contributed by atoms with van der Waals surface area (Å²) in [6, 6.07) is 4.08. The van der Waals surface area contributed by atoms with E-state index in [2.05, 4.69) is 28.1 Å². The summed E-state index contributed by atoms with van der Waals surface area (Å²) in [6.07, 6.45) is 0. The molecule has 1 atom stereocenters. The van der Waals surface area contributed by atoms with Gasteiger partial charge in [-0.1, -0.05) is 11.6 Å². The third kappa shape index (κ3) is 6.83. The molecule has 5 nitrogen and oxygen atoms in total. The SMILES string of the molecule is CCNC(=NCCS(=O)C(C)(C)C)N1CCN(Cc2ccc(Cl)s2)CC1. The molecule has 0 saturated carbocycles. The highest BCUT2D eigenvalue weighted by atomic mass is 35.5. The van der Waals surface area contributed by atoms with Gasteiger partial charge in [-0.2, -0.15) is 0 Å². The van der Waals surface area contributed by atoms with Crippen LogP contribution in [0.1, 0.15) is 32.6 Å². The van der Waals surface area contributed by atoms with Crippen molar-refractivity contribution >= 4 is 39.7 Å². The number of thiophene rings is 1. The number of nitrogens with zero attached hydrogens (tertiary/aromatic N) is 3. The number of hydrogen-bond acceptors (Lipinski definition) is 4. The average molecular weight is 419 g/mol. The van der Waals surface area contributed by atoms with Crippen LogP contribution in [0.2, 0.25) is 4.34 Å². The zero-order valence-electron chi connectivity index (χ0n) is 16.3. The van der Waals surface area contributed by atoms with E-state index in [9.17, 15) is 4.21 Å². The summed E-state index contributed by atoms with van der Waals surface area (Å²) in [4.78, 5) is 10.8. The van der Waals surface area contributed by atoms with Crippen LogP contribution in [0, 0.1) is 0 Å². The Labute approximate surface area is 169 Å². The van der Waals surface area contributed by atoms with Crippen LogP contribution < -0.4 is 5.32 Å². The first-order valence-corrected chi connectivity index (χ1v) is 11.7. The van der Waals surface area contributed by atoms with E-state index in [4.69, 9.17) is 16.6 Å². The quantitative estimate of drug-likeness (QED) is 0.569. The molecule has 148 valence electrons. The van der Waals surface area contributed by atoms with Crippen LogP contribution in [0.5, 0.6) is 0 Å². The Balaban J connectivity index is 1.84. The van der Waals surface area contributed by atoms with Crippen LogP contribution in [0.15, 0.2) is 17.1 Å². The minimum absolute atomic E-state index is 0.176. The Morgan fingerprint density at radius 1 is 1.31 bits per heavy atom. The van der Waals surface area contributed by atoms with Crippen molar-refractivity contribution in [2.75, 3.05) is 45.0 Å². The third-order valence-electron chi connectivity index (χ3n) is 4.24. The van der Waals surface area contributed by atoms with Crippen molar-refractivity contribution in [3.05, 3.63) is 21.3 Å². The lowest BCUT2D eigenvalue weighted by Gasteiger charge is -2.36. The summed E-state index contributed by atoms with van der Waals surface area (Å²) >= 11 is 7.68. The first kappa shape index (κ1) is 21.7. The zero-order valence-corrected chi connectivity index (χ0v) is 18.6. The lowest BCUT2D eigenvalue weighted by molar-refractivity contribution is 0.174. The number of guanidine groups is 1. The van der Waals surface area contributed by atoms with Crippen molar-refractivity contribution < 1.29 is 4.21 Å². The molecule has 0 aromatic carbocycles. The molecule has 26 heavy (non-hydrogen) atoms. The maximum absolute atomic E-state index is 12.2. The maximum Gasteiger partial charge on any atom is 0.194 e. The predicted molar refractivity (Wildman–Crippen MR) is 115 cm³/mol. The van der Waals surface area contributed by atoms with Gasteiger partial charge in [0.1, 0.15) is 0 Å². The normalized spacial score (nSPS) is 18.2. The fourth-order valence-electron chi connectivity index (χ4n) is 2.74. The number of aliphatic imine (C=N–C) groups is 1. The molecule has 0 bridgehead atoms. The molecule has 0 spiro atoms. The molecule has 0 aliphatic carbocycles. The number of hydrogen-bond donors (Lipinski definition) is 1. The smallest absolute Gasteiger partial charge is 0.194 e. The van der Waals surface area contributed by atoms with E-state index in [1.807, 2.05) is 26.8 Å². The fourth-order valence-corrected chi connectivity index (χ4v) is 4.74. The van der Waals surface area contributed by atoms with E-state index in [0.29, 0.717) is 12.3 Å². The van der Waals surface area contributed by atoms with Crippen LogP contribution in [-0.4, -0.2) is 69.7 Å². The molecule has 1 aliphatic rings. The molecular weight excluding hydrogens is 388 g/mol. The Bertz CT molecular complexity index is 619. The summed E-state index contributed by atoms with van der Waals surface area (Å²) in [6.45, 7) is 14.4. The lowest BCUT2D eigenvalue weighted by atomic mass is 10.3. The number of nitrogens with one attached hydrogen (secondary N) is 1. The van der Waals surface area contributed by atoms with E-state index in [1.54, 1.807) is 11.3 Å². The summed E-state index contributed by atoms with van der Waals surface area (Å²) in [5, 5.41) is 3.38. The van der Waals surface area contributed by atoms with Gasteiger partial charge in [-0.3, -0.25) is 14.1 Å². The molecule has 2 heterocycles. The van der Waals surface area contributed by atoms with E-state index in [-0.39, 0.29) is 4.75 Å². The standard InChI is InChI=1S/C18H31ClN4OS2/c1-5-20-17(21-8-13-26(24)18(2,3)4)23-11-9-22(10-12-23)14-15-6-7-16(19)25-15/h6-7H,5,8-14H2,1-4H3,(H,20,21). The number of piperazine rings is 1. The topological polar surface area (TPSA) is 47.9 Å². The van der Waals surface area contributed by atoms with Crippen molar-refractivity contribution in [3.63, 3.8) is 0 Å². The molecule has 1 saturated heterocycles. The average Bonchev–Trinajstić information content (AvgIpc) is 2.99. The van der Waals surface area contributed by atoms with Gasteiger partial charge < -0.3 is 10.2 Å². The van der Waals surface area contributed by atoms with Crippen molar-refractivity contribution in [2.24, 2.45) is 4.99 Å². The summed E-state index contributed by atoms with van der Waals surface area (Å²) in [5.41, 5.74) is 0. The highest BCUT2D eigenvalue weighted by Gasteiger charge is 2.21. The van der Waals surface area contributed by atoms with Gasteiger partial charge in [0.15, 0.2) is 5.96 Å². The van der Waals surface area contributed by atoms with Crippen LogP contribution >= 0.6 is 22.9 Å². The summed E-state index contributed by atoms with van der Waals surface area (Å²) < 4.78 is 12.9. The highest BCUT2D eigenvalue weighted by Crippen LogP contribution is 2.23. The number of halogens is 1. The zero-order chi connectivity index (χ0) is 19.2. The van der Waals surface area contributed by atoms with Crippen LogP contribution in [-0.2, 0) is 17.3 Å². The molecule has 1 fully saturated rings. The molecular formula is C18H31ClN4OS2. The van der Waals surface area contributed by atoms with Crippen molar-refractivity contribution in [1.29, 1.82) is 0 Å². The van der Waals surface area contributed by atoms with Gasteiger partial charge in [0.2, 0.25) is 0 Å². The Hall–Kier alpha value is -0.630. The molecule has 8 heteroatoms. The molecule has 0 amide bonds. The molecule has 2 rings (SSSR count). The van der Waals surface area contributed by atoms with E-state index in [0.717, 1.165) is 49.6 Å². The first-order valence-electron chi connectivity index (χ1n) is 9.18. The molecule has 1 N–H and O–H groups in total. The predicted octanol–water partition coefficient (Wildman–Crippen LogP) is 3.03. The van der Waals surface area contributed by atoms with Gasteiger partial charge in [-0.15, -0.1) is 11.3 Å². The Morgan fingerprint density at radius 2 is 2.00 bits per heavy atom. The van der Waals surface area contributed by atoms with Crippen molar-refractivity contribution in [3.8, 4) is 0 Å². The monoisotopic (exact) mass is 418 g/mol. The number of rotatable bonds is 6. The van der Waals surface area contributed by atoms with Crippen LogP contribution in [0.25, 0.3) is 0 Å². The Kier molecular flexibility index (Phi) is 8.39. The van der Waals surface area contributed by atoms with E-state index < -0.39 is 10.8 Å². The minimum Gasteiger partial charge on any atom is -0.357 e. The highest BCUT2D eigenvalue weighted by molar-refractivity contribution is 7.86. The second kappa shape index (κ2) is 10.1. The van der Waals surface area contributed by atoms with Gasteiger partial charge in [0, 0.05) is 65.4 Å². The second-order valence-corrected chi connectivity index (χ2v) is 11.5. The van der Waals surface area contributed by atoms with Crippen molar-refractivity contribution in [1.82, 2.24) is 15.1 Å². The summed E-state index contributed by atoms with van der Waals surface area (Å²) in [5.74, 6) is 1.55. The lowest BCUT2D eigenvalue weighted by Crippen LogP contribution is -2.52. The van der Waals surface area contributed by atoms with Gasteiger partial charge >= 0.3 is 0 Å². The third-order valence-corrected chi connectivity index (χ3v) is 7.37. The fraction of sp³-hybridized carbons (Fsp3) is 0.722. The molecule has 1 aromatic rings. The summed E-state index contributed by atoms with van der Waals surface area (Å²) in [7, 11) is -0.860. The molecule has 1 aromatic heterocycles. The van der Waals surface area contributed by atoms with E-state index >= 15 is 0 Å². The second-order valence-electron chi connectivity index (χ2n) is 7.37. The molecule has 1 aliphatic heterocycles. The largest absolute Gasteiger partial charge is 0.357 e. The first-order chi connectivity index (χ1) is 12.3.